The molecule has 0 aliphatic rings. The van der Waals surface area contributed by atoms with Crippen LogP contribution >= 0.6 is 11.8 Å². The summed E-state index contributed by atoms with van der Waals surface area (Å²) in [7, 11) is 0. The lowest BCUT2D eigenvalue weighted by atomic mass is 9.95. The van der Waals surface area contributed by atoms with Crippen molar-refractivity contribution in [3.05, 3.63) is 24.2 Å². The van der Waals surface area contributed by atoms with Crippen molar-refractivity contribution < 1.29 is 13.9 Å². The first-order valence-corrected chi connectivity index (χ1v) is 8.68. The van der Waals surface area contributed by atoms with Crippen molar-refractivity contribution in [1.82, 2.24) is 5.32 Å². The maximum absolute atomic E-state index is 12.1. The highest BCUT2D eigenvalue weighted by Crippen LogP contribution is 2.20. The first kappa shape index (κ1) is 18.1. The number of nitrogens with one attached hydrogen (secondary N) is 1. The van der Waals surface area contributed by atoms with E-state index in [-0.39, 0.29) is 12.0 Å². The van der Waals surface area contributed by atoms with E-state index < -0.39 is 5.54 Å². The molecule has 1 N–H and O–H groups in total. The highest BCUT2D eigenvalue weighted by Gasteiger charge is 2.34. The summed E-state index contributed by atoms with van der Waals surface area (Å²) in [5.74, 6) is 2.71. The Labute approximate surface area is 132 Å². The van der Waals surface area contributed by atoms with Gasteiger partial charge in [0.25, 0.3) is 0 Å². The number of furan rings is 1. The molecule has 0 spiro atoms. The zero-order valence-electron chi connectivity index (χ0n) is 13.5. The summed E-state index contributed by atoms with van der Waals surface area (Å²) in [4.78, 5) is 12.1. The Kier molecular flexibility index (Phi) is 7.89. The Morgan fingerprint density at radius 2 is 2.29 bits per heavy atom. The second-order valence-electron chi connectivity index (χ2n) is 5.59. The summed E-state index contributed by atoms with van der Waals surface area (Å²) in [6.45, 7) is 8.28. The van der Waals surface area contributed by atoms with Gasteiger partial charge in [-0.2, -0.15) is 11.8 Å². The molecule has 1 aromatic heterocycles. The molecule has 4 nitrogen and oxygen atoms in total. The molecule has 0 saturated heterocycles. The fourth-order valence-electron chi connectivity index (χ4n) is 2.26. The number of rotatable bonds is 10. The van der Waals surface area contributed by atoms with Crippen molar-refractivity contribution in [2.75, 3.05) is 12.4 Å². The first-order valence-electron chi connectivity index (χ1n) is 7.53. The molecule has 0 aliphatic carbocycles. The van der Waals surface area contributed by atoms with Crippen LogP contribution in [0.3, 0.4) is 0 Å². The summed E-state index contributed by atoms with van der Waals surface area (Å²) < 4.78 is 10.5. The molecule has 21 heavy (non-hydrogen) atoms. The van der Waals surface area contributed by atoms with E-state index in [2.05, 4.69) is 5.32 Å². The molecule has 1 unspecified atom stereocenters. The molecule has 0 aromatic carbocycles. The van der Waals surface area contributed by atoms with E-state index in [0.29, 0.717) is 6.61 Å². The summed E-state index contributed by atoms with van der Waals surface area (Å²) >= 11 is 1.82. The van der Waals surface area contributed by atoms with Crippen LogP contribution in [0.5, 0.6) is 0 Å². The second-order valence-corrected chi connectivity index (χ2v) is 6.69. The van der Waals surface area contributed by atoms with Gasteiger partial charge in [-0.05, 0) is 58.4 Å². The Morgan fingerprint density at radius 1 is 1.52 bits per heavy atom. The average Bonchev–Trinajstić information content (AvgIpc) is 2.91. The van der Waals surface area contributed by atoms with E-state index in [9.17, 15) is 4.79 Å². The van der Waals surface area contributed by atoms with Gasteiger partial charge in [0.2, 0.25) is 0 Å². The molecule has 0 aliphatic heterocycles. The van der Waals surface area contributed by atoms with E-state index in [0.717, 1.165) is 30.1 Å². The monoisotopic (exact) mass is 313 g/mol. The molecule has 1 heterocycles. The number of carbonyl (C=O) groups excluding carboxylic acids is 1. The van der Waals surface area contributed by atoms with Gasteiger partial charge < -0.3 is 9.15 Å². The van der Waals surface area contributed by atoms with Gasteiger partial charge in [0.15, 0.2) is 0 Å². The van der Waals surface area contributed by atoms with Crippen LogP contribution in [0.2, 0.25) is 0 Å². The molecule has 0 amide bonds. The molecule has 0 bridgehead atoms. The van der Waals surface area contributed by atoms with Crippen LogP contribution in [0.25, 0.3) is 0 Å². The van der Waals surface area contributed by atoms with Crippen LogP contribution in [0.1, 0.15) is 46.3 Å². The van der Waals surface area contributed by atoms with Crippen molar-refractivity contribution in [3.63, 3.8) is 0 Å². The third-order valence-corrected chi connectivity index (χ3v) is 4.19. The van der Waals surface area contributed by atoms with Crippen molar-refractivity contribution in [1.29, 1.82) is 0 Å². The molecule has 0 radical (unpaired) electrons. The van der Waals surface area contributed by atoms with Crippen LogP contribution in [0, 0.1) is 0 Å². The van der Waals surface area contributed by atoms with Crippen LogP contribution < -0.4 is 5.32 Å². The highest BCUT2D eigenvalue weighted by atomic mass is 32.2. The lowest BCUT2D eigenvalue weighted by Gasteiger charge is -2.30. The molecule has 120 valence electrons. The first-order chi connectivity index (χ1) is 9.98. The predicted octanol–water partition coefficient (Wildman–Crippen LogP) is 3.61. The Balaban J connectivity index is 2.36. The van der Waals surface area contributed by atoms with Crippen molar-refractivity contribution in [2.24, 2.45) is 0 Å². The van der Waals surface area contributed by atoms with E-state index in [1.54, 1.807) is 6.26 Å². The van der Waals surface area contributed by atoms with Gasteiger partial charge in [-0.15, -0.1) is 0 Å². The van der Waals surface area contributed by atoms with Gasteiger partial charge in [-0.3, -0.25) is 10.1 Å². The number of esters is 1. The number of hydrogen-bond donors (Lipinski definition) is 1. The molecule has 1 atom stereocenters. The fraction of sp³-hybridized carbons (Fsp3) is 0.688. The SMILES string of the molecule is CCOC(=O)C(C)(CCCSCc1ccco1)NC(C)C. The van der Waals surface area contributed by atoms with Gasteiger partial charge in [-0.25, -0.2) is 0 Å². The molecular weight excluding hydrogens is 286 g/mol. The normalized spacial score (nSPS) is 14.1. The predicted molar refractivity (Wildman–Crippen MR) is 87.4 cm³/mol. The van der Waals surface area contributed by atoms with Gasteiger partial charge in [-0.1, -0.05) is 0 Å². The molecule has 0 fully saturated rings. The Morgan fingerprint density at radius 3 is 2.86 bits per heavy atom. The van der Waals surface area contributed by atoms with Gasteiger partial charge in [0, 0.05) is 6.04 Å². The Hall–Kier alpha value is -0.940. The quantitative estimate of drug-likeness (QED) is 0.528. The third-order valence-electron chi connectivity index (χ3n) is 3.12. The zero-order chi connectivity index (χ0) is 15.7. The van der Waals surface area contributed by atoms with Crippen molar-refractivity contribution >= 4 is 17.7 Å². The minimum absolute atomic E-state index is 0.158. The van der Waals surface area contributed by atoms with E-state index in [1.807, 2.05) is 51.6 Å². The van der Waals surface area contributed by atoms with Crippen LogP contribution in [0.15, 0.2) is 22.8 Å². The van der Waals surface area contributed by atoms with E-state index >= 15 is 0 Å². The van der Waals surface area contributed by atoms with Gasteiger partial charge >= 0.3 is 5.97 Å². The van der Waals surface area contributed by atoms with Crippen LogP contribution in [-0.4, -0.2) is 29.9 Å². The maximum atomic E-state index is 12.1. The summed E-state index contributed by atoms with van der Waals surface area (Å²) in [6.07, 6.45) is 3.43. The number of ether oxygens (including phenoxy) is 1. The van der Waals surface area contributed by atoms with E-state index in [4.69, 9.17) is 9.15 Å². The lowest BCUT2D eigenvalue weighted by molar-refractivity contribution is -0.151. The molecule has 0 saturated carbocycles. The number of thioether (sulfide) groups is 1. The molecular formula is C16H27NO3S. The van der Waals surface area contributed by atoms with Crippen LogP contribution in [-0.2, 0) is 15.3 Å². The highest BCUT2D eigenvalue weighted by molar-refractivity contribution is 7.98. The smallest absolute Gasteiger partial charge is 0.326 e. The average molecular weight is 313 g/mol. The third kappa shape index (κ3) is 6.57. The number of hydrogen-bond acceptors (Lipinski definition) is 5. The fourth-order valence-corrected chi connectivity index (χ4v) is 3.11. The summed E-state index contributed by atoms with van der Waals surface area (Å²) in [6, 6.07) is 4.13. The molecule has 1 rings (SSSR count). The minimum atomic E-state index is -0.602. The van der Waals surface area contributed by atoms with Gasteiger partial charge in [0.05, 0.1) is 18.6 Å². The topological polar surface area (TPSA) is 51.5 Å². The summed E-state index contributed by atoms with van der Waals surface area (Å²) in [5.41, 5.74) is -0.602. The van der Waals surface area contributed by atoms with Crippen molar-refractivity contribution in [2.45, 2.75) is 57.9 Å². The van der Waals surface area contributed by atoms with Crippen LogP contribution in [0.4, 0.5) is 0 Å². The maximum Gasteiger partial charge on any atom is 0.326 e. The minimum Gasteiger partial charge on any atom is -0.468 e. The Bertz CT molecular complexity index is 406. The number of carbonyl (C=O) groups is 1. The van der Waals surface area contributed by atoms with Crippen molar-refractivity contribution in [3.8, 4) is 0 Å². The summed E-state index contributed by atoms with van der Waals surface area (Å²) in [5, 5.41) is 3.34. The van der Waals surface area contributed by atoms with E-state index in [1.165, 1.54) is 0 Å². The molecule has 1 aromatic rings. The largest absolute Gasteiger partial charge is 0.468 e. The van der Waals surface area contributed by atoms with Gasteiger partial charge in [0.1, 0.15) is 11.3 Å². The second kappa shape index (κ2) is 9.15. The lowest BCUT2D eigenvalue weighted by Crippen LogP contribution is -2.53. The molecule has 5 heteroatoms. The zero-order valence-corrected chi connectivity index (χ0v) is 14.3. The standard InChI is InChI=1S/C16H27NO3S/c1-5-19-15(18)16(4,17-13(2)3)9-7-11-21-12-14-8-6-10-20-14/h6,8,10,13,17H,5,7,9,11-12H2,1-4H3.